The Morgan fingerprint density at radius 1 is 1.22 bits per heavy atom. The fraction of sp³-hybridized carbons (Fsp3) is 0.250. The average molecular weight is 383 g/mol. The van der Waals surface area contributed by atoms with Gasteiger partial charge in [0.2, 0.25) is 5.91 Å². The highest BCUT2D eigenvalue weighted by Gasteiger charge is 2.24. The van der Waals surface area contributed by atoms with Gasteiger partial charge in [0.25, 0.3) is 5.91 Å². The zero-order valence-corrected chi connectivity index (χ0v) is 14.3. The van der Waals surface area contributed by atoms with E-state index in [4.69, 9.17) is 4.42 Å². The predicted octanol–water partition coefficient (Wildman–Crippen LogP) is 3.67. The number of amides is 2. The van der Waals surface area contributed by atoms with E-state index in [9.17, 15) is 14.0 Å². The van der Waals surface area contributed by atoms with Crippen molar-refractivity contribution in [3.8, 4) is 0 Å². The zero-order valence-electron chi connectivity index (χ0n) is 12.7. The van der Waals surface area contributed by atoms with E-state index in [1.165, 1.54) is 29.2 Å². The fourth-order valence-corrected chi connectivity index (χ4v) is 2.25. The molecule has 7 heteroatoms. The zero-order chi connectivity index (χ0) is 17.0. The molecule has 0 fully saturated rings. The highest BCUT2D eigenvalue weighted by atomic mass is 79.9. The van der Waals surface area contributed by atoms with Gasteiger partial charge in [0.05, 0.1) is 0 Å². The normalized spacial score (nSPS) is 10.7. The summed E-state index contributed by atoms with van der Waals surface area (Å²) in [5, 5.41) is 2.63. The van der Waals surface area contributed by atoms with Crippen LogP contribution >= 0.6 is 15.9 Å². The monoisotopic (exact) mass is 382 g/mol. The SMILES string of the molecule is CC(C)N(CC(=O)Nc1ccc(F)cc1)C(=O)c1ccc(Br)o1. The van der Waals surface area contributed by atoms with Crippen LogP contribution in [0.4, 0.5) is 10.1 Å². The topological polar surface area (TPSA) is 62.6 Å². The number of carbonyl (C=O) groups is 2. The van der Waals surface area contributed by atoms with Crippen LogP contribution in [-0.2, 0) is 4.79 Å². The molecule has 5 nitrogen and oxygen atoms in total. The Morgan fingerprint density at radius 3 is 2.39 bits per heavy atom. The van der Waals surface area contributed by atoms with Gasteiger partial charge in [-0.15, -0.1) is 0 Å². The van der Waals surface area contributed by atoms with Gasteiger partial charge in [-0.3, -0.25) is 9.59 Å². The number of carbonyl (C=O) groups excluding carboxylic acids is 2. The summed E-state index contributed by atoms with van der Waals surface area (Å²) < 4.78 is 18.5. The van der Waals surface area contributed by atoms with E-state index in [1.807, 2.05) is 0 Å². The minimum atomic E-state index is -0.384. The lowest BCUT2D eigenvalue weighted by atomic mass is 10.2. The summed E-state index contributed by atoms with van der Waals surface area (Å²) in [6, 6.07) is 8.38. The molecule has 0 bridgehead atoms. The van der Waals surface area contributed by atoms with Crippen LogP contribution < -0.4 is 5.32 Å². The van der Waals surface area contributed by atoms with Gasteiger partial charge in [-0.25, -0.2) is 4.39 Å². The van der Waals surface area contributed by atoms with Crippen LogP contribution in [0.25, 0.3) is 0 Å². The second-order valence-corrected chi connectivity index (χ2v) is 5.97. The Bertz CT molecular complexity index is 698. The maximum atomic E-state index is 12.9. The molecule has 1 heterocycles. The molecule has 0 atom stereocenters. The van der Waals surface area contributed by atoms with Gasteiger partial charge in [-0.2, -0.15) is 0 Å². The third-order valence-corrected chi connectivity index (χ3v) is 3.54. The van der Waals surface area contributed by atoms with E-state index in [1.54, 1.807) is 26.0 Å². The van der Waals surface area contributed by atoms with Crippen molar-refractivity contribution in [1.82, 2.24) is 4.90 Å². The molecule has 122 valence electrons. The smallest absolute Gasteiger partial charge is 0.290 e. The molecule has 0 spiro atoms. The number of benzene rings is 1. The molecule has 0 aliphatic heterocycles. The van der Waals surface area contributed by atoms with Crippen LogP contribution in [0.5, 0.6) is 0 Å². The van der Waals surface area contributed by atoms with E-state index in [0.717, 1.165) is 0 Å². The molecule has 0 radical (unpaired) electrons. The Morgan fingerprint density at radius 2 is 1.87 bits per heavy atom. The lowest BCUT2D eigenvalue weighted by Crippen LogP contribution is -2.42. The summed E-state index contributed by atoms with van der Waals surface area (Å²) in [4.78, 5) is 25.9. The largest absolute Gasteiger partial charge is 0.444 e. The van der Waals surface area contributed by atoms with E-state index in [0.29, 0.717) is 10.4 Å². The van der Waals surface area contributed by atoms with Gasteiger partial charge in [0, 0.05) is 11.7 Å². The van der Waals surface area contributed by atoms with Gasteiger partial charge in [-0.05, 0) is 66.2 Å². The van der Waals surface area contributed by atoms with Gasteiger partial charge in [0.15, 0.2) is 10.4 Å². The third-order valence-electron chi connectivity index (χ3n) is 3.11. The number of hydrogen-bond acceptors (Lipinski definition) is 3. The molecule has 2 rings (SSSR count). The van der Waals surface area contributed by atoms with Crippen LogP contribution in [0.2, 0.25) is 0 Å². The first-order valence-corrected chi connectivity index (χ1v) is 7.78. The molecular formula is C16H16BrFN2O3. The summed E-state index contributed by atoms with van der Waals surface area (Å²) in [5.74, 6) is -0.977. The average Bonchev–Trinajstić information content (AvgIpc) is 2.93. The first-order chi connectivity index (χ1) is 10.9. The minimum Gasteiger partial charge on any atom is -0.444 e. The lowest BCUT2D eigenvalue weighted by molar-refractivity contribution is -0.117. The highest BCUT2D eigenvalue weighted by molar-refractivity contribution is 9.10. The third kappa shape index (κ3) is 4.66. The standard InChI is InChI=1S/C16H16BrFN2O3/c1-10(2)20(16(22)13-7-8-14(17)23-13)9-15(21)19-12-5-3-11(18)4-6-12/h3-8,10H,9H2,1-2H3,(H,19,21). The Labute approximate surface area is 141 Å². The van der Waals surface area contributed by atoms with Gasteiger partial charge in [-0.1, -0.05) is 0 Å². The first-order valence-electron chi connectivity index (χ1n) is 6.98. The maximum absolute atomic E-state index is 12.9. The van der Waals surface area contributed by atoms with Crippen LogP contribution in [0.1, 0.15) is 24.4 Å². The van der Waals surface area contributed by atoms with Crippen molar-refractivity contribution in [3.63, 3.8) is 0 Å². The van der Waals surface area contributed by atoms with Crippen molar-refractivity contribution >= 4 is 33.4 Å². The minimum absolute atomic E-state index is 0.133. The number of nitrogens with zero attached hydrogens (tertiary/aromatic N) is 1. The van der Waals surface area contributed by atoms with E-state index >= 15 is 0 Å². The van der Waals surface area contributed by atoms with Crippen LogP contribution in [0, 0.1) is 5.82 Å². The number of rotatable bonds is 5. The maximum Gasteiger partial charge on any atom is 0.290 e. The molecule has 1 aromatic carbocycles. The molecule has 0 aliphatic rings. The van der Waals surface area contributed by atoms with Crippen molar-refractivity contribution in [1.29, 1.82) is 0 Å². The van der Waals surface area contributed by atoms with Crippen molar-refractivity contribution in [2.24, 2.45) is 0 Å². The molecule has 0 aliphatic carbocycles. The molecule has 0 unspecified atom stereocenters. The summed E-state index contributed by atoms with van der Waals surface area (Å²) in [6.07, 6.45) is 0. The van der Waals surface area contributed by atoms with Crippen LogP contribution in [0.3, 0.4) is 0 Å². The second kappa shape index (κ2) is 7.41. The lowest BCUT2D eigenvalue weighted by Gasteiger charge is -2.25. The Kier molecular flexibility index (Phi) is 5.54. The number of halogens is 2. The molecule has 2 amide bonds. The summed E-state index contributed by atoms with van der Waals surface area (Å²) in [6.45, 7) is 3.48. The van der Waals surface area contributed by atoms with E-state index in [-0.39, 0.29) is 36.0 Å². The Balaban J connectivity index is 2.05. The molecular weight excluding hydrogens is 367 g/mol. The summed E-state index contributed by atoms with van der Waals surface area (Å²) >= 11 is 3.14. The summed E-state index contributed by atoms with van der Waals surface area (Å²) in [5.41, 5.74) is 0.466. The molecule has 0 saturated heterocycles. The quantitative estimate of drug-likeness (QED) is 0.857. The second-order valence-electron chi connectivity index (χ2n) is 5.19. The van der Waals surface area contributed by atoms with E-state index < -0.39 is 0 Å². The van der Waals surface area contributed by atoms with E-state index in [2.05, 4.69) is 21.2 Å². The Hall–Kier alpha value is -2.15. The van der Waals surface area contributed by atoms with Crippen molar-refractivity contribution in [2.45, 2.75) is 19.9 Å². The number of hydrogen-bond donors (Lipinski definition) is 1. The van der Waals surface area contributed by atoms with Crippen molar-refractivity contribution in [2.75, 3.05) is 11.9 Å². The fourth-order valence-electron chi connectivity index (χ4n) is 1.95. The van der Waals surface area contributed by atoms with Crippen molar-refractivity contribution in [3.05, 3.63) is 52.6 Å². The molecule has 0 saturated carbocycles. The molecule has 1 N–H and O–H groups in total. The van der Waals surface area contributed by atoms with Crippen LogP contribution in [-0.4, -0.2) is 29.3 Å². The summed E-state index contributed by atoms with van der Waals surface area (Å²) in [7, 11) is 0. The molecule has 1 aromatic heterocycles. The molecule has 23 heavy (non-hydrogen) atoms. The van der Waals surface area contributed by atoms with Crippen LogP contribution in [0.15, 0.2) is 45.5 Å². The van der Waals surface area contributed by atoms with Crippen molar-refractivity contribution < 1.29 is 18.4 Å². The number of furan rings is 1. The van der Waals surface area contributed by atoms with Gasteiger partial charge < -0.3 is 14.6 Å². The first kappa shape index (κ1) is 17.2. The highest BCUT2D eigenvalue weighted by Crippen LogP contribution is 2.17. The van der Waals surface area contributed by atoms with Gasteiger partial charge >= 0.3 is 0 Å². The predicted molar refractivity (Wildman–Crippen MR) is 87.6 cm³/mol. The van der Waals surface area contributed by atoms with Gasteiger partial charge in [0.1, 0.15) is 12.4 Å². The number of anilines is 1. The molecule has 2 aromatic rings. The number of nitrogens with one attached hydrogen (secondary N) is 1.